The first kappa shape index (κ1) is 25.3. The van der Waals surface area contributed by atoms with Crippen LogP contribution >= 0.6 is 11.6 Å². The first-order valence-electron chi connectivity index (χ1n) is 11.7. The van der Waals surface area contributed by atoms with Crippen LogP contribution in [0.4, 0.5) is 0 Å². The molecule has 0 saturated carbocycles. The second-order valence-corrected chi connectivity index (χ2v) is 21.9. The lowest BCUT2D eigenvalue weighted by Gasteiger charge is -2.40. The van der Waals surface area contributed by atoms with Gasteiger partial charge >= 0.3 is 0 Å². The van der Waals surface area contributed by atoms with E-state index in [1.54, 1.807) is 0 Å². The number of hydrogen-bond acceptors (Lipinski definition) is 3. The Morgan fingerprint density at radius 3 is 2.00 bits per heavy atom. The molecule has 0 atom stereocenters. The molecule has 1 aliphatic rings. The number of rotatable bonds is 5. The van der Waals surface area contributed by atoms with Gasteiger partial charge in [-0.2, -0.15) is 0 Å². The van der Waals surface area contributed by atoms with Crippen LogP contribution in [0, 0.1) is 0 Å². The van der Waals surface area contributed by atoms with Gasteiger partial charge in [0.1, 0.15) is 5.75 Å². The van der Waals surface area contributed by atoms with E-state index in [1.165, 1.54) is 16.8 Å². The maximum Gasteiger partial charge on any atom is 0.250 e. The van der Waals surface area contributed by atoms with Crippen molar-refractivity contribution in [3.05, 3.63) is 40.7 Å². The molecule has 1 aromatic carbocycles. The molecule has 0 unspecified atom stereocenters. The van der Waals surface area contributed by atoms with Gasteiger partial charge in [0.25, 0.3) is 16.6 Å². The van der Waals surface area contributed by atoms with Gasteiger partial charge in [-0.25, -0.2) is 0 Å². The Morgan fingerprint density at radius 1 is 0.812 bits per heavy atom. The minimum absolute atomic E-state index is 0.0541. The third-order valence-electron chi connectivity index (χ3n) is 7.67. The van der Waals surface area contributed by atoms with Crippen LogP contribution in [0.2, 0.25) is 41.3 Å². The van der Waals surface area contributed by atoms with Gasteiger partial charge in [-0.1, -0.05) is 53.1 Å². The Hall–Kier alpha value is -1.31. The van der Waals surface area contributed by atoms with E-state index in [-0.39, 0.29) is 10.1 Å². The van der Waals surface area contributed by atoms with E-state index in [0.717, 1.165) is 30.6 Å². The van der Waals surface area contributed by atoms with Crippen molar-refractivity contribution in [2.45, 2.75) is 97.1 Å². The topological polar surface area (TPSA) is 31.4 Å². The minimum atomic E-state index is -2.14. The molecule has 0 saturated heterocycles. The molecule has 2 aromatic rings. The molecule has 0 radical (unpaired) electrons. The van der Waals surface area contributed by atoms with E-state index >= 15 is 0 Å². The Kier molecular flexibility index (Phi) is 6.71. The van der Waals surface area contributed by atoms with E-state index in [2.05, 4.69) is 90.9 Å². The molecule has 1 aromatic heterocycles. The molecular weight excluding hydrogens is 450 g/mol. The van der Waals surface area contributed by atoms with E-state index in [4.69, 9.17) is 20.5 Å². The summed E-state index contributed by atoms with van der Waals surface area (Å²) >= 11 is 7.16. The summed E-state index contributed by atoms with van der Waals surface area (Å²) in [6.07, 6.45) is 5.15. The monoisotopic (exact) mass is 489 g/mol. The van der Waals surface area contributed by atoms with Gasteiger partial charge in [-0.15, -0.1) is 0 Å². The average molecular weight is 490 g/mol. The van der Waals surface area contributed by atoms with Crippen LogP contribution in [0.15, 0.2) is 24.4 Å². The van der Waals surface area contributed by atoms with Crippen LogP contribution in [0.25, 0.3) is 11.1 Å². The Labute approximate surface area is 202 Å². The van der Waals surface area contributed by atoms with Gasteiger partial charge in [0.15, 0.2) is 5.75 Å². The maximum atomic E-state index is 7.16. The molecule has 32 heavy (non-hydrogen) atoms. The number of halogens is 1. The van der Waals surface area contributed by atoms with E-state index < -0.39 is 16.6 Å². The zero-order valence-corrected chi connectivity index (χ0v) is 24.3. The van der Waals surface area contributed by atoms with Crippen molar-refractivity contribution < 1.29 is 8.85 Å². The van der Waals surface area contributed by atoms with Crippen molar-refractivity contribution >= 4 is 28.2 Å². The summed E-state index contributed by atoms with van der Waals surface area (Å²) in [4.78, 5) is 4.60. The molecule has 3 rings (SSSR count). The lowest BCUT2D eigenvalue weighted by atomic mass is 9.99. The fraction of sp³-hybridized carbons (Fsp3) is 0.577. The van der Waals surface area contributed by atoms with Gasteiger partial charge in [-0.3, -0.25) is 4.98 Å². The third-order valence-corrected chi connectivity index (χ3v) is 16.7. The van der Waals surface area contributed by atoms with Crippen molar-refractivity contribution in [3.63, 3.8) is 0 Å². The molecule has 0 N–H and O–H groups in total. The molecule has 176 valence electrons. The second kappa shape index (κ2) is 8.48. The second-order valence-electron chi connectivity index (χ2n) is 12.1. The van der Waals surface area contributed by atoms with Crippen LogP contribution in [-0.4, -0.2) is 21.6 Å². The van der Waals surface area contributed by atoms with Gasteiger partial charge < -0.3 is 8.85 Å². The molecule has 1 heterocycles. The summed E-state index contributed by atoms with van der Waals surface area (Å²) in [6.45, 7) is 22.6. The standard InChI is InChI=1S/C26H40ClNO2Si2/c1-25(2,3)31(7,8)29-22-15-14-20(18-16-17-28-21-13-11-12-19(18)21)23(27)24(22)30-32(9,10)26(4,5)6/h14-17H,11-13H2,1-10H3. The van der Waals surface area contributed by atoms with Crippen LogP contribution in [0.3, 0.4) is 0 Å². The highest BCUT2D eigenvalue weighted by atomic mass is 35.5. The smallest absolute Gasteiger partial charge is 0.250 e. The molecular formula is C26H40ClNO2Si2. The summed E-state index contributed by atoms with van der Waals surface area (Å²) in [5.74, 6) is 1.49. The fourth-order valence-corrected chi connectivity index (χ4v) is 5.87. The quantitative estimate of drug-likeness (QED) is 0.393. The highest BCUT2D eigenvalue weighted by Crippen LogP contribution is 2.49. The highest BCUT2D eigenvalue weighted by Gasteiger charge is 2.43. The normalized spacial score (nSPS) is 15.0. The lowest BCUT2D eigenvalue weighted by molar-refractivity contribution is 0.441. The van der Waals surface area contributed by atoms with Crippen LogP contribution in [-0.2, 0) is 12.8 Å². The van der Waals surface area contributed by atoms with Gasteiger partial charge in [-0.05, 0) is 84.9 Å². The first-order valence-corrected chi connectivity index (χ1v) is 17.9. The van der Waals surface area contributed by atoms with E-state index in [9.17, 15) is 0 Å². The summed E-state index contributed by atoms with van der Waals surface area (Å²) in [5.41, 5.74) is 4.72. The van der Waals surface area contributed by atoms with Crippen LogP contribution in [0.1, 0.15) is 59.2 Å². The lowest BCUT2D eigenvalue weighted by Crippen LogP contribution is -2.45. The number of nitrogens with zero attached hydrogens (tertiary/aromatic N) is 1. The minimum Gasteiger partial charge on any atom is -0.541 e. The molecule has 0 spiro atoms. The number of aromatic nitrogens is 1. The predicted octanol–water partition coefficient (Wildman–Crippen LogP) is 8.66. The molecule has 0 fully saturated rings. The summed E-state index contributed by atoms with van der Waals surface area (Å²) in [5, 5.41) is 0.794. The number of fused-ring (bicyclic) bond motifs is 1. The van der Waals surface area contributed by atoms with E-state index in [1.807, 2.05) is 6.20 Å². The predicted molar refractivity (Wildman–Crippen MR) is 142 cm³/mol. The SMILES string of the molecule is CC(C)(C)[Si](C)(C)Oc1ccc(-c2ccnc3c2CCC3)c(Cl)c1O[Si](C)(C)C(C)(C)C. The zero-order valence-electron chi connectivity index (χ0n) is 21.6. The van der Waals surface area contributed by atoms with E-state index in [0.29, 0.717) is 10.8 Å². The molecule has 3 nitrogen and oxygen atoms in total. The fourth-order valence-electron chi connectivity index (χ4n) is 3.47. The number of pyridine rings is 1. The Balaban J connectivity index is 2.17. The summed E-state index contributed by atoms with van der Waals surface area (Å²) in [7, 11) is -4.20. The molecule has 0 amide bonds. The summed E-state index contributed by atoms with van der Waals surface area (Å²) in [6, 6.07) is 6.28. The van der Waals surface area contributed by atoms with Crippen molar-refractivity contribution in [2.75, 3.05) is 0 Å². The molecule has 0 aliphatic heterocycles. The van der Waals surface area contributed by atoms with Gasteiger partial charge in [0.2, 0.25) is 0 Å². The van der Waals surface area contributed by atoms with Crippen molar-refractivity contribution in [3.8, 4) is 22.6 Å². The number of aryl methyl sites for hydroxylation is 1. The maximum absolute atomic E-state index is 7.16. The average Bonchev–Trinajstić information content (AvgIpc) is 3.12. The molecule has 0 bridgehead atoms. The number of benzene rings is 1. The van der Waals surface area contributed by atoms with Gasteiger partial charge in [0.05, 0.1) is 5.02 Å². The highest BCUT2D eigenvalue weighted by molar-refractivity contribution is 6.75. The molecule has 1 aliphatic carbocycles. The Bertz CT molecular complexity index is 1000. The van der Waals surface area contributed by atoms with Gasteiger partial charge in [0, 0.05) is 17.5 Å². The van der Waals surface area contributed by atoms with Crippen LogP contribution < -0.4 is 8.85 Å². The Morgan fingerprint density at radius 2 is 1.41 bits per heavy atom. The third kappa shape index (κ3) is 4.80. The molecule has 6 heteroatoms. The summed E-state index contributed by atoms with van der Waals surface area (Å²) < 4.78 is 13.6. The largest absolute Gasteiger partial charge is 0.541 e. The number of hydrogen-bond donors (Lipinski definition) is 0. The van der Waals surface area contributed by atoms with Crippen LogP contribution in [0.5, 0.6) is 11.5 Å². The van der Waals surface area contributed by atoms with Crippen molar-refractivity contribution in [1.82, 2.24) is 4.98 Å². The van der Waals surface area contributed by atoms with Crippen molar-refractivity contribution in [1.29, 1.82) is 0 Å². The van der Waals surface area contributed by atoms with Crippen molar-refractivity contribution in [2.24, 2.45) is 0 Å². The zero-order chi connectivity index (χ0) is 24.1. The first-order chi connectivity index (χ1) is 14.6.